The molecule has 1 aliphatic rings. The topological polar surface area (TPSA) is 0 Å². The number of rotatable bonds is 0. The second-order valence-corrected chi connectivity index (χ2v) is 6.35. The Labute approximate surface area is 130 Å². The molecule has 0 unspecified atom stereocenters. The number of aryl methyl sites for hydroxylation is 1. The van der Waals surface area contributed by atoms with Gasteiger partial charge < -0.3 is 0 Å². The molecule has 0 bridgehead atoms. The van der Waals surface area contributed by atoms with Gasteiger partial charge in [-0.05, 0) is 69.3 Å². The van der Waals surface area contributed by atoms with Gasteiger partial charge in [0, 0.05) is 0 Å². The molecule has 0 saturated heterocycles. The van der Waals surface area contributed by atoms with Crippen LogP contribution in [-0.4, -0.2) is 0 Å². The smallest absolute Gasteiger partial charge is 0.000718 e. The fourth-order valence-electron chi connectivity index (χ4n) is 3.84. The summed E-state index contributed by atoms with van der Waals surface area (Å²) in [4.78, 5) is 0. The lowest BCUT2D eigenvalue weighted by molar-refractivity contribution is 1.27. The number of hydrogen-bond donors (Lipinski definition) is 0. The van der Waals surface area contributed by atoms with Crippen LogP contribution in [0.3, 0.4) is 0 Å². The lowest BCUT2D eigenvalue weighted by Crippen LogP contribution is -1.85. The Morgan fingerprint density at radius 3 is 2.32 bits per heavy atom. The standard InChI is InChI=1S/C22H16/c1-14-6-8-19-18(10-14)13-22-20(19)9-7-17-11-15-4-2-3-5-16(15)12-21(17)22/h2-12H,13H2,1H3. The molecule has 0 amide bonds. The second kappa shape index (κ2) is 4.20. The quantitative estimate of drug-likeness (QED) is 0.311. The molecule has 4 aromatic carbocycles. The van der Waals surface area contributed by atoms with E-state index in [0.717, 1.165) is 6.42 Å². The maximum absolute atomic E-state index is 2.36. The molecule has 0 aliphatic heterocycles. The molecule has 0 N–H and O–H groups in total. The van der Waals surface area contributed by atoms with E-state index in [1.165, 1.54) is 49.4 Å². The van der Waals surface area contributed by atoms with Crippen LogP contribution >= 0.6 is 0 Å². The summed E-state index contributed by atoms with van der Waals surface area (Å²) in [6.07, 6.45) is 1.06. The minimum Gasteiger partial charge on any atom is -0.0616 e. The SMILES string of the molecule is Cc1ccc2c(c1)Cc1c-2ccc2cc3ccccc3cc12. The Morgan fingerprint density at radius 2 is 1.45 bits per heavy atom. The van der Waals surface area contributed by atoms with Crippen LogP contribution in [0.2, 0.25) is 0 Å². The molecule has 0 radical (unpaired) electrons. The van der Waals surface area contributed by atoms with Gasteiger partial charge in [0.15, 0.2) is 0 Å². The number of fused-ring (bicyclic) bond motifs is 6. The minimum absolute atomic E-state index is 1.06. The first kappa shape index (κ1) is 12.0. The third-order valence-corrected chi connectivity index (χ3v) is 4.92. The predicted molar refractivity (Wildman–Crippen MR) is 94.4 cm³/mol. The van der Waals surface area contributed by atoms with Gasteiger partial charge >= 0.3 is 0 Å². The summed E-state index contributed by atoms with van der Waals surface area (Å²) in [5.74, 6) is 0. The normalized spacial score (nSPS) is 12.6. The summed E-state index contributed by atoms with van der Waals surface area (Å²) in [5, 5.41) is 5.41. The average molecular weight is 280 g/mol. The number of benzene rings is 4. The van der Waals surface area contributed by atoms with E-state index >= 15 is 0 Å². The van der Waals surface area contributed by atoms with Crippen molar-refractivity contribution in [2.24, 2.45) is 0 Å². The van der Waals surface area contributed by atoms with Crippen molar-refractivity contribution in [3.8, 4) is 11.1 Å². The Balaban J connectivity index is 1.85. The molecule has 0 heterocycles. The molecule has 0 saturated carbocycles. The first-order chi connectivity index (χ1) is 10.8. The minimum atomic E-state index is 1.06. The zero-order chi connectivity index (χ0) is 14.7. The third-order valence-electron chi connectivity index (χ3n) is 4.92. The summed E-state index contributed by atoms with van der Waals surface area (Å²) >= 11 is 0. The fourth-order valence-corrected chi connectivity index (χ4v) is 3.84. The molecule has 1 aliphatic carbocycles. The van der Waals surface area contributed by atoms with Crippen LogP contribution in [0.4, 0.5) is 0 Å². The molecular formula is C22H16. The van der Waals surface area contributed by atoms with Crippen molar-refractivity contribution >= 4 is 21.5 Å². The lowest BCUT2D eigenvalue weighted by Gasteiger charge is -2.08. The Kier molecular flexibility index (Phi) is 2.29. The van der Waals surface area contributed by atoms with E-state index in [0.29, 0.717) is 0 Å². The van der Waals surface area contributed by atoms with Gasteiger partial charge in [-0.25, -0.2) is 0 Å². The van der Waals surface area contributed by atoms with Gasteiger partial charge in [-0.2, -0.15) is 0 Å². The molecule has 0 spiro atoms. The van der Waals surface area contributed by atoms with Gasteiger partial charge in [0.1, 0.15) is 0 Å². The van der Waals surface area contributed by atoms with Crippen molar-refractivity contribution < 1.29 is 0 Å². The van der Waals surface area contributed by atoms with Crippen LogP contribution in [0.15, 0.2) is 66.7 Å². The van der Waals surface area contributed by atoms with Crippen molar-refractivity contribution in [2.75, 3.05) is 0 Å². The highest BCUT2D eigenvalue weighted by Gasteiger charge is 2.20. The summed E-state index contributed by atoms with van der Waals surface area (Å²) in [7, 11) is 0. The van der Waals surface area contributed by atoms with Crippen molar-refractivity contribution in [1.82, 2.24) is 0 Å². The molecule has 0 heteroatoms. The molecule has 0 aromatic heterocycles. The summed E-state index contributed by atoms with van der Waals surface area (Å²) in [6, 6.07) is 24.7. The molecule has 0 fully saturated rings. The monoisotopic (exact) mass is 280 g/mol. The van der Waals surface area contributed by atoms with E-state index in [9.17, 15) is 0 Å². The zero-order valence-corrected chi connectivity index (χ0v) is 12.6. The highest BCUT2D eigenvalue weighted by molar-refractivity contribution is 6.03. The Bertz CT molecular complexity index is 1050. The molecule has 104 valence electrons. The van der Waals surface area contributed by atoms with E-state index in [2.05, 4.69) is 73.7 Å². The molecule has 5 rings (SSSR count). The lowest BCUT2D eigenvalue weighted by atomic mass is 9.96. The van der Waals surface area contributed by atoms with Crippen molar-refractivity contribution in [2.45, 2.75) is 13.3 Å². The van der Waals surface area contributed by atoms with Gasteiger partial charge in [-0.1, -0.05) is 60.2 Å². The predicted octanol–water partition coefficient (Wildman–Crippen LogP) is 5.87. The summed E-state index contributed by atoms with van der Waals surface area (Å²) in [5.41, 5.74) is 7.13. The van der Waals surface area contributed by atoms with E-state index in [-0.39, 0.29) is 0 Å². The third kappa shape index (κ3) is 1.58. The van der Waals surface area contributed by atoms with E-state index in [4.69, 9.17) is 0 Å². The van der Waals surface area contributed by atoms with Crippen LogP contribution < -0.4 is 0 Å². The maximum atomic E-state index is 2.36. The van der Waals surface area contributed by atoms with Gasteiger partial charge in [0.05, 0.1) is 0 Å². The zero-order valence-electron chi connectivity index (χ0n) is 12.6. The average Bonchev–Trinajstić information content (AvgIpc) is 2.91. The van der Waals surface area contributed by atoms with Gasteiger partial charge in [0.25, 0.3) is 0 Å². The van der Waals surface area contributed by atoms with Crippen LogP contribution in [0, 0.1) is 6.92 Å². The molecule has 22 heavy (non-hydrogen) atoms. The highest BCUT2D eigenvalue weighted by atomic mass is 14.2. The second-order valence-electron chi connectivity index (χ2n) is 6.35. The molecular weight excluding hydrogens is 264 g/mol. The highest BCUT2D eigenvalue weighted by Crippen LogP contribution is 2.41. The molecule has 0 nitrogen and oxygen atoms in total. The number of hydrogen-bond acceptors (Lipinski definition) is 0. The first-order valence-corrected chi connectivity index (χ1v) is 7.84. The van der Waals surface area contributed by atoms with Crippen LogP contribution in [0.1, 0.15) is 16.7 Å². The molecule has 4 aromatic rings. The van der Waals surface area contributed by atoms with Gasteiger partial charge in [-0.3, -0.25) is 0 Å². The van der Waals surface area contributed by atoms with E-state index in [1.54, 1.807) is 0 Å². The van der Waals surface area contributed by atoms with Crippen molar-refractivity contribution in [3.05, 3.63) is 83.4 Å². The maximum Gasteiger partial charge on any atom is -0.000718 e. The van der Waals surface area contributed by atoms with E-state index < -0.39 is 0 Å². The molecule has 0 atom stereocenters. The Morgan fingerprint density at radius 1 is 0.682 bits per heavy atom. The van der Waals surface area contributed by atoms with Gasteiger partial charge in [-0.15, -0.1) is 0 Å². The van der Waals surface area contributed by atoms with Gasteiger partial charge in [0.2, 0.25) is 0 Å². The summed E-state index contributed by atoms with van der Waals surface area (Å²) < 4.78 is 0. The first-order valence-electron chi connectivity index (χ1n) is 7.84. The van der Waals surface area contributed by atoms with Crippen molar-refractivity contribution in [1.29, 1.82) is 0 Å². The van der Waals surface area contributed by atoms with Crippen LogP contribution in [-0.2, 0) is 6.42 Å². The largest absolute Gasteiger partial charge is 0.0616 e. The Hall–Kier alpha value is -2.60. The van der Waals surface area contributed by atoms with Crippen molar-refractivity contribution in [3.63, 3.8) is 0 Å². The summed E-state index contributed by atoms with van der Waals surface area (Å²) in [6.45, 7) is 2.18. The van der Waals surface area contributed by atoms with Crippen LogP contribution in [0.5, 0.6) is 0 Å². The van der Waals surface area contributed by atoms with E-state index in [1.807, 2.05) is 0 Å². The van der Waals surface area contributed by atoms with Crippen LogP contribution in [0.25, 0.3) is 32.7 Å². The fraction of sp³-hybridized carbons (Fsp3) is 0.0909.